The van der Waals surface area contributed by atoms with Gasteiger partial charge in [0.05, 0.1) is 0 Å². The topological polar surface area (TPSA) is 83.1 Å². The number of aryl methyl sites for hydroxylation is 1. The van der Waals surface area contributed by atoms with Gasteiger partial charge in [-0.2, -0.15) is 0 Å². The van der Waals surface area contributed by atoms with Gasteiger partial charge in [0.1, 0.15) is 5.69 Å². The van der Waals surface area contributed by atoms with Crippen molar-refractivity contribution < 1.29 is 9.59 Å². The molecule has 0 aliphatic rings. The number of nitrogens with one attached hydrogen (secondary N) is 3. The van der Waals surface area contributed by atoms with Crippen LogP contribution in [0.15, 0.2) is 53.9 Å². The largest absolute Gasteiger partial charge is 0.325 e. The number of benzene rings is 2. The lowest BCUT2D eigenvalue weighted by atomic mass is 10.0. The number of carbonyl (C=O) groups excluding carboxylic acids is 2. The summed E-state index contributed by atoms with van der Waals surface area (Å²) in [4.78, 5) is 28.6. The number of urea groups is 1. The highest BCUT2D eigenvalue weighted by molar-refractivity contribution is 7.14. The predicted molar refractivity (Wildman–Crippen MR) is 114 cm³/mol. The Balaban J connectivity index is 1.57. The number of anilines is 3. The van der Waals surface area contributed by atoms with Gasteiger partial charge in [-0.25, -0.2) is 9.78 Å². The number of rotatable bonds is 5. The van der Waals surface area contributed by atoms with E-state index < -0.39 is 6.03 Å². The molecule has 0 aliphatic heterocycles. The fraction of sp³-hybridized carbons (Fsp3) is 0.190. The lowest BCUT2D eigenvalue weighted by Crippen LogP contribution is -2.19. The Morgan fingerprint density at radius 3 is 2.14 bits per heavy atom. The van der Waals surface area contributed by atoms with Crippen molar-refractivity contribution in [2.75, 3.05) is 16.0 Å². The van der Waals surface area contributed by atoms with E-state index in [4.69, 9.17) is 0 Å². The zero-order valence-corrected chi connectivity index (χ0v) is 16.8. The van der Waals surface area contributed by atoms with Crippen molar-refractivity contribution in [1.29, 1.82) is 0 Å². The summed E-state index contributed by atoms with van der Waals surface area (Å²) in [5.74, 6) is 0.114. The van der Waals surface area contributed by atoms with E-state index in [1.807, 2.05) is 55.5 Å². The summed E-state index contributed by atoms with van der Waals surface area (Å²) in [6.45, 7) is 6.21. The third-order valence-electron chi connectivity index (χ3n) is 4.10. The molecule has 3 amide bonds. The first-order valence-electron chi connectivity index (χ1n) is 8.92. The van der Waals surface area contributed by atoms with Crippen molar-refractivity contribution >= 4 is 39.8 Å². The molecule has 0 radical (unpaired) electrons. The minimum absolute atomic E-state index is 0.253. The van der Waals surface area contributed by atoms with Gasteiger partial charge in [0.2, 0.25) is 0 Å². The van der Waals surface area contributed by atoms with Crippen LogP contribution >= 0.6 is 11.3 Å². The number of hydrogen-bond donors (Lipinski definition) is 3. The van der Waals surface area contributed by atoms with E-state index in [0.717, 1.165) is 5.56 Å². The SMILES string of the molecule is Cc1ccc(NC(=O)Nc2nc(C(=O)Nc3ccc(C(C)C)cc3)cs2)cc1. The molecule has 6 nitrogen and oxygen atoms in total. The number of hydrogen-bond acceptors (Lipinski definition) is 4. The van der Waals surface area contributed by atoms with Gasteiger partial charge < -0.3 is 10.6 Å². The molecule has 1 heterocycles. The molecule has 0 saturated carbocycles. The number of carbonyl (C=O) groups is 2. The van der Waals surface area contributed by atoms with Crippen LogP contribution in [0, 0.1) is 6.92 Å². The van der Waals surface area contributed by atoms with Crippen molar-refractivity contribution in [3.63, 3.8) is 0 Å². The quantitative estimate of drug-likeness (QED) is 0.536. The maximum Gasteiger partial charge on any atom is 0.325 e. The normalized spacial score (nSPS) is 10.6. The summed E-state index contributed by atoms with van der Waals surface area (Å²) in [6, 6.07) is 14.8. The van der Waals surface area contributed by atoms with Gasteiger partial charge >= 0.3 is 6.03 Å². The average molecular weight is 395 g/mol. The van der Waals surface area contributed by atoms with E-state index in [1.165, 1.54) is 16.9 Å². The van der Waals surface area contributed by atoms with E-state index in [2.05, 4.69) is 34.8 Å². The molecule has 3 rings (SSSR count). The maximum absolute atomic E-state index is 12.4. The monoisotopic (exact) mass is 394 g/mol. The number of aromatic nitrogens is 1. The van der Waals surface area contributed by atoms with Crippen molar-refractivity contribution in [1.82, 2.24) is 4.98 Å². The molecule has 0 bridgehead atoms. The third-order valence-corrected chi connectivity index (χ3v) is 4.86. The van der Waals surface area contributed by atoms with Crippen LogP contribution in [0.5, 0.6) is 0 Å². The van der Waals surface area contributed by atoms with E-state index in [0.29, 0.717) is 22.4 Å². The average Bonchev–Trinajstić information content (AvgIpc) is 3.12. The summed E-state index contributed by atoms with van der Waals surface area (Å²) in [6.07, 6.45) is 0. The maximum atomic E-state index is 12.4. The number of thiazole rings is 1. The van der Waals surface area contributed by atoms with Crippen LogP contribution < -0.4 is 16.0 Å². The highest BCUT2D eigenvalue weighted by Crippen LogP contribution is 2.20. The molecule has 144 valence electrons. The Labute approximate surface area is 168 Å². The molecular formula is C21H22N4O2S. The summed E-state index contributed by atoms with van der Waals surface area (Å²) < 4.78 is 0. The molecule has 1 aromatic heterocycles. The smallest absolute Gasteiger partial charge is 0.321 e. The highest BCUT2D eigenvalue weighted by atomic mass is 32.1. The highest BCUT2D eigenvalue weighted by Gasteiger charge is 2.13. The van der Waals surface area contributed by atoms with Crippen LogP contribution in [0.4, 0.5) is 21.3 Å². The number of nitrogens with zero attached hydrogens (tertiary/aromatic N) is 1. The summed E-state index contributed by atoms with van der Waals surface area (Å²) in [5, 5.41) is 10.1. The second-order valence-electron chi connectivity index (χ2n) is 6.71. The van der Waals surface area contributed by atoms with Gasteiger partial charge in [0.15, 0.2) is 5.13 Å². The molecule has 2 aromatic carbocycles. The minimum atomic E-state index is -0.408. The molecule has 7 heteroatoms. The van der Waals surface area contributed by atoms with Gasteiger partial charge in [-0.05, 0) is 42.7 Å². The first-order valence-corrected chi connectivity index (χ1v) is 9.80. The standard InChI is InChI=1S/C21H22N4O2S/c1-13(2)15-6-10-16(11-7-15)22-19(26)18-12-28-21(24-18)25-20(27)23-17-8-4-14(3)5-9-17/h4-13H,1-3H3,(H,22,26)(H2,23,24,25,27). The molecule has 3 aromatic rings. The molecular weight excluding hydrogens is 372 g/mol. The van der Waals surface area contributed by atoms with Crippen molar-refractivity contribution in [2.24, 2.45) is 0 Å². The number of amides is 3. The van der Waals surface area contributed by atoms with Crippen LogP contribution in [-0.4, -0.2) is 16.9 Å². The summed E-state index contributed by atoms with van der Waals surface area (Å²) >= 11 is 1.19. The third kappa shape index (κ3) is 5.17. The zero-order chi connectivity index (χ0) is 20.1. The van der Waals surface area contributed by atoms with Crippen LogP contribution in [-0.2, 0) is 0 Å². The lowest BCUT2D eigenvalue weighted by molar-refractivity contribution is 0.102. The molecule has 0 aliphatic carbocycles. The molecule has 0 spiro atoms. The Kier molecular flexibility index (Phi) is 6.06. The van der Waals surface area contributed by atoms with E-state index in [9.17, 15) is 9.59 Å². The van der Waals surface area contributed by atoms with Crippen LogP contribution in [0.3, 0.4) is 0 Å². The van der Waals surface area contributed by atoms with Gasteiger partial charge in [0.25, 0.3) is 5.91 Å². The fourth-order valence-corrected chi connectivity index (χ4v) is 3.16. The van der Waals surface area contributed by atoms with Gasteiger partial charge in [-0.3, -0.25) is 10.1 Å². The summed E-state index contributed by atoms with van der Waals surface area (Å²) in [7, 11) is 0. The van der Waals surface area contributed by atoms with Crippen molar-refractivity contribution in [2.45, 2.75) is 26.7 Å². The van der Waals surface area contributed by atoms with E-state index in [-0.39, 0.29) is 11.6 Å². The Hall–Kier alpha value is -3.19. The molecule has 0 saturated heterocycles. The lowest BCUT2D eigenvalue weighted by Gasteiger charge is -2.07. The molecule has 28 heavy (non-hydrogen) atoms. The van der Waals surface area contributed by atoms with Gasteiger partial charge in [0, 0.05) is 16.8 Å². The first-order chi connectivity index (χ1) is 13.4. The Morgan fingerprint density at radius 2 is 1.50 bits per heavy atom. The Morgan fingerprint density at radius 1 is 0.893 bits per heavy atom. The van der Waals surface area contributed by atoms with Crippen LogP contribution in [0.1, 0.15) is 41.4 Å². The van der Waals surface area contributed by atoms with Crippen LogP contribution in [0.2, 0.25) is 0 Å². The van der Waals surface area contributed by atoms with Crippen molar-refractivity contribution in [3.05, 3.63) is 70.7 Å². The summed E-state index contributed by atoms with van der Waals surface area (Å²) in [5.41, 5.74) is 3.96. The molecule has 0 fully saturated rings. The van der Waals surface area contributed by atoms with E-state index >= 15 is 0 Å². The predicted octanol–water partition coefficient (Wildman–Crippen LogP) is 5.47. The molecule has 3 N–H and O–H groups in total. The van der Waals surface area contributed by atoms with Crippen LogP contribution in [0.25, 0.3) is 0 Å². The first kappa shape index (κ1) is 19.6. The van der Waals surface area contributed by atoms with Crippen molar-refractivity contribution in [3.8, 4) is 0 Å². The zero-order valence-electron chi connectivity index (χ0n) is 15.9. The molecule has 0 atom stereocenters. The van der Waals surface area contributed by atoms with Gasteiger partial charge in [-0.15, -0.1) is 11.3 Å². The second-order valence-corrected chi connectivity index (χ2v) is 7.57. The van der Waals surface area contributed by atoms with Gasteiger partial charge in [-0.1, -0.05) is 43.7 Å². The second kappa shape index (κ2) is 8.67. The minimum Gasteiger partial charge on any atom is -0.321 e. The molecule has 0 unspecified atom stereocenters. The van der Waals surface area contributed by atoms with E-state index in [1.54, 1.807) is 5.38 Å². The Bertz CT molecular complexity index is 963. The fourth-order valence-electron chi connectivity index (χ4n) is 2.48.